The molecule has 3 nitrogen and oxygen atoms in total. The van der Waals surface area contributed by atoms with Gasteiger partial charge in [-0.3, -0.25) is 5.84 Å². The molecule has 0 radical (unpaired) electrons. The number of fused-ring (bicyclic) bond motifs is 1. The van der Waals surface area contributed by atoms with E-state index in [0.717, 1.165) is 13.1 Å². The number of nitrogens with one attached hydrogen (secondary N) is 1. The Balaban J connectivity index is 2.07. The predicted molar refractivity (Wildman–Crippen MR) is 35.7 cm³/mol. The maximum absolute atomic E-state index is 5.71. The number of nitrogens with zero attached hydrogens (tertiary/aromatic N) is 1. The van der Waals surface area contributed by atoms with Gasteiger partial charge < -0.3 is 5.32 Å². The summed E-state index contributed by atoms with van der Waals surface area (Å²) in [6.45, 7) is 2.23. The molecule has 2 aliphatic rings. The fourth-order valence-electron chi connectivity index (χ4n) is 1.90. The van der Waals surface area contributed by atoms with E-state index < -0.39 is 0 Å². The van der Waals surface area contributed by atoms with Crippen LogP contribution in [0.2, 0.25) is 0 Å². The van der Waals surface area contributed by atoms with E-state index in [1.807, 2.05) is 5.01 Å². The molecular formula is C6H13N3. The van der Waals surface area contributed by atoms with Gasteiger partial charge in [-0.15, -0.1) is 0 Å². The van der Waals surface area contributed by atoms with Gasteiger partial charge in [-0.1, -0.05) is 0 Å². The van der Waals surface area contributed by atoms with Crippen molar-refractivity contribution in [1.82, 2.24) is 10.3 Å². The SMILES string of the molecule is NN1CCC2NCCC21. The fourth-order valence-corrected chi connectivity index (χ4v) is 1.90. The van der Waals surface area contributed by atoms with Crippen molar-refractivity contribution in [2.75, 3.05) is 13.1 Å². The average Bonchev–Trinajstić information content (AvgIpc) is 2.35. The predicted octanol–water partition coefficient (Wildman–Crippen LogP) is -0.704. The summed E-state index contributed by atoms with van der Waals surface area (Å²) < 4.78 is 0. The lowest BCUT2D eigenvalue weighted by molar-refractivity contribution is 0.262. The lowest BCUT2D eigenvalue weighted by atomic mass is 10.1. The molecule has 0 bridgehead atoms. The first-order chi connectivity index (χ1) is 4.38. The first kappa shape index (κ1) is 5.65. The van der Waals surface area contributed by atoms with Crippen LogP contribution in [0.25, 0.3) is 0 Å². The van der Waals surface area contributed by atoms with Crippen molar-refractivity contribution < 1.29 is 0 Å². The molecule has 2 unspecified atom stereocenters. The largest absolute Gasteiger partial charge is 0.312 e. The van der Waals surface area contributed by atoms with Crippen LogP contribution in [-0.2, 0) is 0 Å². The molecule has 2 heterocycles. The Bertz CT molecular complexity index is 115. The maximum Gasteiger partial charge on any atom is 0.0407 e. The Kier molecular flexibility index (Phi) is 1.22. The monoisotopic (exact) mass is 127 g/mol. The topological polar surface area (TPSA) is 41.3 Å². The van der Waals surface area contributed by atoms with E-state index in [1.54, 1.807) is 0 Å². The third-order valence-electron chi connectivity index (χ3n) is 2.44. The maximum atomic E-state index is 5.71. The van der Waals surface area contributed by atoms with Crippen molar-refractivity contribution >= 4 is 0 Å². The minimum absolute atomic E-state index is 0.644. The Hall–Kier alpha value is -0.120. The second kappa shape index (κ2) is 1.94. The minimum Gasteiger partial charge on any atom is -0.312 e. The van der Waals surface area contributed by atoms with Crippen LogP contribution in [0.3, 0.4) is 0 Å². The van der Waals surface area contributed by atoms with Crippen LogP contribution in [-0.4, -0.2) is 30.2 Å². The summed E-state index contributed by atoms with van der Waals surface area (Å²) in [5.74, 6) is 5.71. The van der Waals surface area contributed by atoms with Gasteiger partial charge in [-0.2, -0.15) is 0 Å². The molecule has 2 fully saturated rings. The van der Waals surface area contributed by atoms with Crippen LogP contribution in [0, 0.1) is 0 Å². The van der Waals surface area contributed by atoms with Crippen molar-refractivity contribution in [2.24, 2.45) is 5.84 Å². The Morgan fingerprint density at radius 3 is 3.11 bits per heavy atom. The molecule has 2 aliphatic heterocycles. The fraction of sp³-hybridized carbons (Fsp3) is 1.00. The van der Waals surface area contributed by atoms with Gasteiger partial charge in [0.15, 0.2) is 0 Å². The first-order valence-electron chi connectivity index (χ1n) is 3.62. The smallest absolute Gasteiger partial charge is 0.0407 e. The Labute approximate surface area is 55.2 Å². The highest BCUT2D eigenvalue weighted by Crippen LogP contribution is 2.21. The van der Waals surface area contributed by atoms with E-state index in [9.17, 15) is 0 Å². The average molecular weight is 127 g/mol. The molecule has 3 N–H and O–H groups in total. The van der Waals surface area contributed by atoms with Crippen LogP contribution in [0.1, 0.15) is 12.8 Å². The summed E-state index contributed by atoms with van der Waals surface area (Å²) in [5, 5.41) is 5.40. The molecule has 2 rings (SSSR count). The molecular weight excluding hydrogens is 114 g/mol. The zero-order chi connectivity index (χ0) is 6.27. The van der Waals surface area contributed by atoms with Gasteiger partial charge in [0.1, 0.15) is 0 Å². The molecule has 9 heavy (non-hydrogen) atoms. The van der Waals surface area contributed by atoms with E-state index >= 15 is 0 Å². The Morgan fingerprint density at radius 1 is 1.44 bits per heavy atom. The quantitative estimate of drug-likeness (QED) is 0.423. The molecule has 0 aromatic rings. The van der Waals surface area contributed by atoms with Crippen LogP contribution < -0.4 is 11.2 Å². The Morgan fingerprint density at radius 2 is 2.33 bits per heavy atom. The van der Waals surface area contributed by atoms with E-state index in [-0.39, 0.29) is 0 Å². The highest BCUT2D eigenvalue weighted by molar-refractivity contribution is 4.94. The minimum atomic E-state index is 0.644. The van der Waals surface area contributed by atoms with Crippen LogP contribution >= 0.6 is 0 Å². The summed E-state index contributed by atoms with van der Waals surface area (Å²) in [7, 11) is 0. The molecule has 2 saturated heterocycles. The van der Waals surface area contributed by atoms with Gasteiger partial charge in [-0.25, -0.2) is 5.01 Å². The van der Waals surface area contributed by atoms with Gasteiger partial charge in [-0.05, 0) is 19.4 Å². The number of hydrogen-bond donors (Lipinski definition) is 2. The van der Waals surface area contributed by atoms with Gasteiger partial charge in [0.2, 0.25) is 0 Å². The van der Waals surface area contributed by atoms with Gasteiger partial charge in [0.05, 0.1) is 0 Å². The number of nitrogens with two attached hydrogens (primary N) is 1. The lowest BCUT2D eigenvalue weighted by Gasteiger charge is -2.15. The zero-order valence-electron chi connectivity index (χ0n) is 5.51. The molecule has 0 aliphatic carbocycles. The molecule has 0 aromatic heterocycles. The molecule has 0 saturated carbocycles. The normalized spacial score (nSPS) is 43.7. The standard InChI is InChI=1S/C6H13N3/c7-9-4-2-5-6(9)1-3-8-5/h5-6,8H,1-4,7H2. The second-order valence-electron chi connectivity index (χ2n) is 2.94. The molecule has 0 amide bonds. The lowest BCUT2D eigenvalue weighted by Crippen LogP contribution is -2.38. The van der Waals surface area contributed by atoms with Gasteiger partial charge >= 0.3 is 0 Å². The van der Waals surface area contributed by atoms with E-state index in [0.29, 0.717) is 12.1 Å². The van der Waals surface area contributed by atoms with Gasteiger partial charge in [0, 0.05) is 18.6 Å². The molecule has 3 heteroatoms. The third-order valence-corrected chi connectivity index (χ3v) is 2.44. The highest BCUT2D eigenvalue weighted by atomic mass is 15.4. The van der Waals surface area contributed by atoms with Crippen molar-refractivity contribution in [3.8, 4) is 0 Å². The summed E-state index contributed by atoms with van der Waals surface area (Å²) >= 11 is 0. The summed E-state index contributed by atoms with van der Waals surface area (Å²) in [4.78, 5) is 0. The molecule has 52 valence electrons. The summed E-state index contributed by atoms with van der Waals surface area (Å²) in [6, 6.07) is 1.35. The zero-order valence-corrected chi connectivity index (χ0v) is 5.51. The first-order valence-corrected chi connectivity index (χ1v) is 3.62. The molecule has 2 atom stereocenters. The highest BCUT2D eigenvalue weighted by Gasteiger charge is 2.35. The summed E-state index contributed by atoms with van der Waals surface area (Å²) in [5.41, 5.74) is 0. The van der Waals surface area contributed by atoms with Gasteiger partial charge in [0.25, 0.3) is 0 Å². The van der Waals surface area contributed by atoms with Crippen molar-refractivity contribution in [1.29, 1.82) is 0 Å². The third kappa shape index (κ3) is 0.764. The molecule has 0 spiro atoms. The van der Waals surface area contributed by atoms with Crippen molar-refractivity contribution in [3.63, 3.8) is 0 Å². The van der Waals surface area contributed by atoms with Crippen LogP contribution in [0.15, 0.2) is 0 Å². The van der Waals surface area contributed by atoms with Crippen molar-refractivity contribution in [2.45, 2.75) is 24.9 Å². The van der Waals surface area contributed by atoms with E-state index in [1.165, 1.54) is 12.8 Å². The van der Waals surface area contributed by atoms with Crippen LogP contribution in [0.4, 0.5) is 0 Å². The summed E-state index contributed by atoms with van der Waals surface area (Å²) in [6.07, 6.45) is 2.47. The molecule has 0 aromatic carbocycles. The van der Waals surface area contributed by atoms with Crippen LogP contribution in [0.5, 0.6) is 0 Å². The second-order valence-corrected chi connectivity index (χ2v) is 2.94. The van der Waals surface area contributed by atoms with Crippen molar-refractivity contribution in [3.05, 3.63) is 0 Å². The van der Waals surface area contributed by atoms with E-state index in [4.69, 9.17) is 5.84 Å². The number of hydrazine groups is 1. The number of hydrogen-bond acceptors (Lipinski definition) is 3. The van der Waals surface area contributed by atoms with E-state index in [2.05, 4.69) is 5.32 Å². The number of rotatable bonds is 0.